The highest BCUT2D eigenvalue weighted by molar-refractivity contribution is 6.05. The predicted octanol–water partition coefficient (Wildman–Crippen LogP) is 2.54. The SMILES string of the molecule is CCCn1cc(N)cc1C(=O)N(CC)c1ccncc1. The second-order valence-electron chi connectivity index (χ2n) is 4.61. The van der Waals surface area contributed by atoms with Gasteiger partial charge < -0.3 is 15.2 Å². The molecule has 0 saturated heterocycles. The van der Waals surface area contributed by atoms with Crippen molar-refractivity contribution >= 4 is 17.3 Å². The molecule has 2 rings (SSSR count). The zero-order chi connectivity index (χ0) is 14.5. The summed E-state index contributed by atoms with van der Waals surface area (Å²) in [5.41, 5.74) is 7.92. The predicted molar refractivity (Wildman–Crippen MR) is 80.7 cm³/mol. The Morgan fingerprint density at radius 2 is 2.05 bits per heavy atom. The summed E-state index contributed by atoms with van der Waals surface area (Å²) in [6.07, 6.45) is 6.14. The molecule has 2 N–H and O–H groups in total. The second-order valence-corrected chi connectivity index (χ2v) is 4.61. The number of hydrogen-bond donors (Lipinski definition) is 1. The van der Waals surface area contributed by atoms with Crippen LogP contribution in [0.2, 0.25) is 0 Å². The lowest BCUT2D eigenvalue weighted by molar-refractivity contribution is 0.0979. The quantitative estimate of drug-likeness (QED) is 0.909. The van der Waals surface area contributed by atoms with Gasteiger partial charge >= 0.3 is 0 Å². The number of carbonyl (C=O) groups excluding carboxylic acids is 1. The Bertz CT molecular complexity index is 577. The minimum Gasteiger partial charge on any atom is -0.397 e. The number of nitrogen functional groups attached to an aromatic ring is 1. The maximum Gasteiger partial charge on any atom is 0.274 e. The van der Waals surface area contributed by atoms with Gasteiger partial charge in [-0.3, -0.25) is 9.78 Å². The van der Waals surface area contributed by atoms with E-state index in [0.29, 0.717) is 17.9 Å². The van der Waals surface area contributed by atoms with Crippen LogP contribution in [0, 0.1) is 0 Å². The molecule has 0 aliphatic heterocycles. The first-order valence-electron chi connectivity index (χ1n) is 6.84. The summed E-state index contributed by atoms with van der Waals surface area (Å²) < 4.78 is 1.92. The van der Waals surface area contributed by atoms with E-state index < -0.39 is 0 Å². The van der Waals surface area contributed by atoms with Crippen LogP contribution >= 0.6 is 0 Å². The highest BCUT2D eigenvalue weighted by Gasteiger charge is 2.20. The Labute approximate surface area is 119 Å². The molecule has 2 aromatic rings. The van der Waals surface area contributed by atoms with Crippen LogP contribution in [0.15, 0.2) is 36.8 Å². The van der Waals surface area contributed by atoms with Crippen molar-refractivity contribution in [3.63, 3.8) is 0 Å². The van der Waals surface area contributed by atoms with Gasteiger partial charge in [0.25, 0.3) is 5.91 Å². The first-order chi connectivity index (χ1) is 9.67. The van der Waals surface area contributed by atoms with E-state index in [4.69, 9.17) is 5.73 Å². The van der Waals surface area contributed by atoms with Gasteiger partial charge in [0.1, 0.15) is 5.69 Å². The Morgan fingerprint density at radius 3 is 2.65 bits per heavy atom. The Kier molecular flexibility index (Phi) is 4.40. The van der Waals surface area contributed by atoms with Crippen LogP contribution in [-0.4, -0.2) is 22.0 Å². The smallest absolute Gasteiger partial charge is 0.274 e. The third-order valence-corrected chi connectivity index (χ3v) is 3.14. The lowest BCUT2D eigenvalue weighted by atomic mass is 10.3. The van der Waals surface area contributed by atoms with E-state index in [1.165, 1.54) is 0 Å². The van der Waals surface area contributed by atoms with Crippen LogP contribution < -0.4 is 10.6 Å². The monoisotopic (exact) mass is 272 g/mol. The summed E-state index contributed by atoms with van der Waals surface area (Å²) in [6.45, 7) is 5.41. The molecule has 20 heavy (non-hydrogen) atoms. The minimum absolute atomic E-state index is 0.0381. The summed E-state index contributed by atoms with van der Waals surface area (Å²) in [4.78, 5) is 18.4. The van der Waals surface area contributed by atoms with Crippen LogP contribution in [-0.2, 0) is 6.54 Å². The molecule has 2 heterocycles. The first-order valence-corrected chi connectivity index (χ1v) is 6.84. The molecular formula is C15H20N4O. The van der Waals surface area contributed by atoms with Crippen LogP contribution in [0.3, 0.4) is 0 Å². The number of hydrogen-bond acceptors (Lipinski definition) is 3. The zero-order valence-corrected chi connectivity index (χ0v) is 11.9. The van der Waals surface area contributed by atoms with Gasteiger partial charge in [0.2, 0.25) is 0 Å². The molecule has 1 amide bonds. The number of rotatable bonds is 5. The fourth-order valence-corrected chi connectivity index (χ4v) is 2.24. The number of aromatic nitrogens is 2. The third-order valence-electron chi connectivity index (χ3n) is 3.14. The molecule has 0 aliphatic carbocycles. The average molecular weight is 272 g/mol. The summed E-state index contributed by atoms with van der Waals surface area (Å²) >= 11 is 0. The van der Waals surface area contributed by atoms with Crippen LogP contribution in [0.5, 0.6) is 0 Å². The van der Waals surface area contributed by atoms with E-state index in [-0.39, 0.29) is 5.91 Å². The largest absolute Gasteiger partial charge is 0.397 e. The van der Waals surface area contributed by atoms with Crippen molar-refractivity contribution in [3.05, 3.63) is 42.5 Å². The van der Waals surface area contributed by atoms with Crippen molar-refractivity contribution in [1.82, 2.24) is 9.55 Å². The maximum atomic E-state index is 12.7. The molecule has 0 unspecified atom stereocenters. The number of aryl methyl sites for hydroxylation is 1. The van der Waals surface area contributed by atoms with Gasteiger partial charge in [-0.1, -0.05) is 6.92 Å². The number of carbonyl (C=O) groups is 1. The maximum absolute atomic E-state index is 12.7. The van der Waals surface area contributed by atoms with E-state index in [0.717, 1.165) is 18.7 Å². The molecular weight excluding hydrogens is 252 g/mol. The van der Waals surface area contributed by atoms with Crippen molar-refractivity contribution < 1.29 is 4.79 Å². The van der Waals surface area contributed by atoms with E-state index in [2.05, 4.69) is 11.9 Å². The number of nitrogens with two attached hydrogens (primary N) is 1. The Balaban J connectivity index is 2.34. The normalized spacial score (nSPS) is 10.5. The molecule has 5 nitrogen and oxygen atoms in total. The van der Waals surface area contributed by atoms with Gasteiger partial charge in [-0.15, -0.1) is 0 Å². The molecule has 0 bridgehead atoms. The molecule has 0 aromatic carbocycles. The van der Waals surface area contributed by atoms with E-state index in [9.17, 15) is 4.79 Å². The molecule has 106 valence electrons. The Hall–Kier alpha value is -2.30. The molecule has 0 aliphatic rings. The van der Waals surface area contributed by atoms with Gasteiger partial charge in [0, 0.05) is 37.4 Å². The summed E-state index contributed by atoms with van der Waals surface area (Å²) in [7, 11) is 0. The lowest BCUT2D eigenvalue weighted by Crippen LogP contribution is -2.32. The molecule has 0 radical (unpaired) electrons. The van der Waals surface area contributed by atoms with Crippen molar-refractivity contribution in [2.24, 2.45) is 0 Å². The number of nitrogens with zero attached hydrogens (tertiary/aromatic N) is 3. The van der Waals surface area contributed by atoms with E-state index >= 15 is 0 Å². The van der Waals surface area contributed by atoms with Crippen LogP contribution in [0.1, 0.15) is 30.8 Å². The minimum atomic E-state index is -0.0381. The van der Waals surface area contributed by atoms with Gasteiger partial charge in [-0.05, 0) is 31.5 Å². The first kappa shape index (κ1) is 14.1. The highest BCUT2D eigenvalue weighted by atomic mass is 16.2. The topological polar surface area (TPSA) is 64.2 Å². The summed E-state index contributed by atoms with van der Waals surface area (Å²) in [6, 6.07) is 5.40. The van der Waals surface area contributed by atoms with Crippen molar-refractivity contribution in [2.75, 3.05) is 17.2 Å². The summed E-state index contributed by atoms with van der Waals surface area (Å²) in [5.74, 6) is -0.0381. The molecule has 0 saturated carbocycles. The number of pyridine rings is 1. The third kappa shape index (κ3) is 2.82. The molecule has 0 fully saturated rings. The number of anilines is 2. The van der Waals surface area contributed by atoms with Crippen LogP contribution in [0.4, 0.5) is 11.4 Å². The molecule has 0 spiro atoms. The lowest BCUT2D eigenvalue weighted by Gasteiger charge is -2.21. The van der Waals surface area contributed by atoms with Gasteiger partial charge in [0.05, 0.1) is 5.69 Å². The van der Waals surface area contributed by atoms with Gasteiger partial charge in [0.15, 0.2) is 0 Å². The Morgan fingerprint density at radius 1 is 1.35 bits per heavy atom. The molecule has 0 atom stereocenters. The molecule has 5 heteroatoms. The highest BCUT2D eigenvalue weighted by Crippen LogP contribution is 2.19. The fraction of sp³-hybridized carbons (Fsp3) is 0.333. The fourth-order valence-electron chi connectivity index (χ4n) is 2.24. The van der Waals surface area contributed by atoms with Crippen LogP contribution in [0.25, 0.3) is 0 Å². The number of amides is 1. The molecule has 2 aromatic heterocycles. The van der Waals surface area contributed by atoms with E-state index in [1.54, 1.807) is 23.4 Å². The second kappa shape index (κ2) is 6.23. The standard InChI is InChI=1S/C15H20N4O/c1-3-9-18-11-12(16)10-14(18)15(20)19(4-2)13-5-7-17-8-6-13/h5-8,10-11H,3-4,9,16H2,1-2H3. The summed E-state index contributed by atoms with van der Waals surface area (Å²) in [5, 5.41) is 0. The van der Waals surface area contributed by atoms with Crippen molar-refractivity contribution in [1.29, 1.82) is 0 Å². The van der Waals surface area contributed by atoms with Crippen molar-refractivity contribution in [3.8, 4) is 0 Å². The average Bonchev–Trinajstić information content (AvgIpc) is 2.82. The van der Waals surface area contributed by atoms with Gasteiger partial charge in [-0.2, -0.15) is 0 Å². The van der Waals surface area contributed by atoms with E-state index in [1.807, 2.05) is 29.8 Å². The van der Waals surface area contributed by atoms with Gasteiger partial charge in [-0.25, -0.2) is 0 Å². The zero-order valence-electron chi connectivity index (χ0n) is 11.9. The van der Waals surface area contributed by atoms with Crippen molar-refractivity contribution in [2.45, 2.75) is 26.8 Å².